The molecule has 0 unspecified atom stereocenters. The Kier molecular flexibility index (Phi) is 3.88. The van der Waals surface area contributed by atoms with E-state index in [-0.39, 0.29) is 5.82 Å². The van der Waals surface area contributed by atoms with E-state index >= 15 is 0 Å². The number of benzene rings is 1. The summed E-state index contributed by atoms with van der Waals surface area (Å²) in [6.45, 7) is 1.98. The molecule has 0 fully saturated rings. The quantitative estimate of drug-likeness (QED) is 0.867. The summed E-state index contributed by atoms with van der Waals surface area (Å²) >= 11 is 3.27. The van der Waals surface area contributed by atoms with Gasteiger partial charge in [-0.1, -0.05) is 29.3 Å². The number of hydrogen-bond donors (Lipinski definition) is 1. The Morgan fingerprint density at radius 2 is 2.23 bits per heavy atom. The topological polar surface area (TPSA) is 20.2 Å². The maximum Gasteiger partial charge on any atom is 0.123 e. The molecule has 3 heteroatoms. The minimum absolute atomic E-state index is 0.312. The molecule has 0 aliphatic heterocycles. The first kappa shape index (κ1) is 10.7. The Bertz CT molecular complexity index is 288. The van der Waals surface area contributed by atoms with Crippen LogP contribution in [0.5, 0.6) is 0 Å². The van der Waals surface area contributed by atoms with Crippen molar-refractivity contribution in [2.24, 2.45) is 0 Å². The predicted octanol–water partition coefficient (Wildman–Crippen LogP) is 3.42. The second-order valence-electron chi connectivity index (χ2n) is 2.97. The molecule has 1 aromatic rings. The van der Waals surface area contributed by atoms with Crippen molar-refractivity contribution in [3.05, 3.63) is 34.1 Å². The van der Waals surface area contributed by atoms with E-state index in [4.69, 9.17) is 0 Å². The van der Waals surface area contributed by atoms with E-state index in [1.807, 2.05) is 6.92 Å². The SMILES string of the molecule is CCC[C@H](O)c1cc(F)ccc1Br. The highest BCUT2D eigenvalue weighted by molar-refractivity contribution is 9.10. The minimum Gasteiger partial charge on any atom is -0.388 e. The molecule has 1 nitrogen and oxygen atoms in total. The Balaban J connectivity index is 2.91. The summed E-state index contributed by atoms with van der Waals surface area (Å²) in [6, 6.07) is 4.35. The van der Waals surface area contributed by atoms with Crippen LogP contribution in [0.4, 0.5) is 4.39 Å². The van der Waals surface area contributed by atoms with Crippen molar-refractivity contribution in [1.29, 1.82) is 0 Å². The molecular weight excluding hydrogens is 235 g/mol. The molecular formula is C10H12BrFO. The van der Waals surface area contributed by atoms with E-state index in [2.05, 4.69) is 15.9 Å². The molecule has 0 aromatic heterocycles. The predicted molar refractivity (Wildman–Crippen MR) is 54.0 cm³/mol. The molecule has 0 radical (unpaired) electrons. The van der Waals surface area contributed by atoms with Crippen LogP contribution in [0.2, 0.25) is 0 Å². The van der Waals surface area contributed by atoms with E-state index in [1.54, 1.807) is 6.07 Å². The van der Waals surface area contributed by atoms with Gasteiger partial charge in [-0.3, -0.25) is 0 Å². The molecule has 1 N–H and O–H groups in total. The Labute approximate surface area is 85.7 Å². The van der Waals surface area contributed by atoms with Crippen molar-refractivity contribution in [1.82, 2.24) is 0 Å². The number of hydrogen-bond acceptors (Lipinski definition) is 1. The summed E-state index contributed by atoms with van der Waals surface area (Å²) in [5.74, 6) is -0.312. The number of halogens is 2. The van der Waals surface area contributed by atoms with Crippen LogP contribution in [0.25, 0.3) is 0 Å². The van der Waals surface area contributed by atoms with Crippen LogP contribution < -0.4 is 0 Å². The summed E-state index contributed by atoms with van der Waals surface area (Å²) < 4.78 is 13.6. The summed E-state index contributed by atoms with van der Waals surface area (Å²) in [5, 5.41) is 9.63. The van der Waals surface area contributed by atoms with E-state index in [9.17, 15) is 9.50 Å². The molecule has 1 atom stereocenters. The number of aliphatic hydroxyl groups is 1. The van der Waals surface area contributed by atoms with Crippen molar-refractivity contribution < 1.29 is 9.50 Å². The zero-order chi connectivity index (χ0) is 9.84. The maximum atomic E-state index is 12.8. The second-order valence-corrected chi connectivity index (χ2v) is 3.82. The van der Waals surface area contributed by atoms with Crippen LogP contribution in [-0.2, 0) is 0 Å². The maximum absolute atomic E-state index is 12.8. The molecule has 0 saturated carbocycles. The highest BCUT2D eigenvalue weighted by Gasteiger charge is 2.10. The van der Waals surface area contributed by atoms with Crippen LogP contribution in [0, 0.1) is 5.82 Å². The fourth-order valence-electron chi connectivity index (χ4n) is 1.20. The number of rotatable bonds is 3. The van der Waals surface area contributed by atoms with Gasteiger partial charge in [0.1, 0.15) is 5.82 Å². The average Bonchev–Trinajstić information content (AvgIpc) is 2.09. The lowest BCUT2D eigenvalue weighted by Gasteiger charge is -2.11. The van der Waals surface area contributed by atoms with Crippen LogP contribution in [0.3, 0.4) is 0 Å². The average molecular weight is 247 g/mol. The molecule has 0 aliphatic carbocycles. The lowest BCUT2D eigenvalue weighted by molar-refractivity contribution is 0.165. The third-order valence-corrected chi connectivity index (χ3v) is 2.60. The molecule has 0 bridgehead atoms. The molecule has 0 spiro atoms. The highest BCUT2D eigenvalue weighted by atomic mass is 79.9. The summed E-state index contributed by atoms with van der Waals surface area (Å²) in [4.78, 5) is 0. The fraction of sp³-hybridized carbons (Fsp3) is 0.400. The van der Waals surface area contributed by atoms with Crippen LogP contribution >= 0.6 is 15.9 Å². The summed E-state index contributed by atoms with van der Waals surface area (Å²) in [6.07, 6.45) is 0.960. The first-order valence-corrected chi connectivity index (χ1v) is 5.07. The van der Waals surface area contributed by atoms with Gasteiger partial charge in [0.05, 0.1) is 6.10 Å². The molecule has 72 valence electrons. The van der Waals surface area contributed by atoms with Gasteiger partial charge in [0.2, 0.25) is 0 Å². The van der Waals surface area contributed by atoms with Crippen molar-refractivity contribution >= 4 is 15.9 Å². The van der Waals surface area contributed by atoms with Gasteiger partial charge < -0.3 is 5.11 Å². The first-order chi connectivity index (χ1) is 6.15. The molecule has 0 amide bonds. The zero-order valence-corrected chi connectivity index (χ0v) is 9.01. The van der Waals surface area contributed by atoms with Gasteiger partial charge in [0.25, 0.3) is 0 Å². The highest BCUT2D eigenvalue weighted by Crippen LogP contribution is 2.26. The van der Waals surface area contributed by atoms with Crippen LogP contribution in [0.15, 0.2) is 22.7 Å². The lowest BCUT2D eigenvalue weighted by Crippen LogP contribution is -1.98. The molecule has 0 aliphatic rings. The normalized spacial score (nSPS) is 12.9. The third-order valence-electron chi connectivity index (χ3n) is 1.88. The molecule has 1 aromatic carbocycles. The number of aliphatic hydroxyl groups excluding tert-OH is 1. The van der Waals surface area contributed by atoms with Gasteiger partial charge in [-0.25, -0.2) is 4.39 Å². The molecule has 0 heterocycles. The smallest absolute Gasteiger partial charge is 0.123 e. The molecule has 1 rings (SSSR count). The monoisotopic (exact) mass is 246 g/mol. The van der Waals surface area contributed by atoms with E-state index < -0.39 is 6.10 Å². The largest absolute Gasteiger partial charge is 0.388 e. The Hall–Kier alpha value is -0.410. The van der Waals surface area contributed by atoms with Gasteiger partial charge >= 0.3 is 0 Å². The minimum atomic E-state index is -0.574. The molecule has 13 heavy (non-hydrogen) atoms. The molecule has 0 saturated heterocycles. The van der Waals surface area contributed by atoms with Gasteiger partial charge in [-0.15, -0.1) is 0 Å². The standard InChI is InChI=1S/C10H12BrFO/c1-2-3-10(13)8-6-7(12)4-5-9(8)11/h4-6,10,13H,2-3H2,1H3/t10-/m0/s1. The van der Waals surface area contributed by atoms with Crippen molar-refractivity contribution in [2.75, 3.05) is 0 Å². The van der Waals surface area contributed by atoms with E-state index in [1.165, 1.54) is 12.1 Å². The third kappa shape index (κ3) is 2.78. The van der Waals surface area contributed by atoms with Gasteiger partial charge in [0, 0.05) is 4.47 Å². The van der Waals surface area contributed by atoms with Crippen LogP contribution in [-0.4, -0.2) is 5.11 Å². The lowest BCUT2D eigenvalue weighted by atomic mass is 10.1. The fourth-order valence-corrected chi connectivity index (χ4v) is 1.71. The Morgan fingerprint density at radius 1 is 1.54 bits per heavy atom. The van der Waals surface area contributed by atoms with Gasteiger partial charge in [-0.05, 0) is 30.2 Å². The Morgan fingerprint density at radius 3 is 2.85 bits per heavy atom. The van der Waals surface area contributed by atoms with E-state index in [0.717, 1.165) is 10.9 Å². The van der Waals surface area contributed by atoms with Crippen molar-refractivity contribution in [3.63, 3.8) is 0 Å². The van der Waals surface area contributed by atoms with Gasteiger partial charge in [0.15, 0.2) is 0 Å². The van der Waals surface area contributed by atoms with E-state index in [0.29, 0.717) is 12.0 Å². The van der Waals surface area contributed by atoms with Crippen LogP contribution in [0.1, 0.15) is 31.4 Å². The summed E-state index contributed by atoms with van der Waals surface area (Å²) in [5.41, 5.74) is 0.627. The first-order valence-electron chi connectivity index (χ1n) is 4.28. The van der Waals surface area contributed by atoms with Crippen molar-refractivity contribution in [2.45, 2.75) is 25.9 Å². The van der Waals surface area contributed by atoms with Gasteiger partial charge in [-0.2, -0.15) is 0 Å². The zero-order valence-electron chi connectivity index (χ0n) is 7.43. The second kappa shape index (κ2) is 4.72. The summed E-state index contributed by atoms with van der Waals surface area (Å²) in [7, 11) is 0. The van der Waals surface area contributed by atoms with Crippen molar-refractivity contribution in [3.8, 4) is 0 Å².